The number of hydrogen-bond donors (Lipinski definition) is 3. The third kappa shape index (κ3) is 6.29. The third-order valence-electron chi connectivity index (χ3n) is 3.80. The van der Waals surface area contributed by atoms with Crippen LogP contribution in [0.25, 0.3) is 16.8 Å². The lowest BCUT2D eigenvalue weighted by molar-refractivity contribution is -0.122. The first-order chi connectivity index (χ1) is 12.6. The van der Waals surface area contributed by atoms with E-state index in [4.69, 9.17) is 12.2 Å². The number of unbranched alkanes of at least 4 members (excludes halogenated alkanes) is 2. The Morgan fingerprint density at radius 3 is 2.62 bits per heavy atom. The number of hydrazine groups is 1. The number of hydrogen-bond acceptors (Lipinski definition) is 3. The van der Waals surface area contributed by atoms with E-state index in [1.54, 1.807) is 6.08 Å². The van der Waals surface area contributed by atoms with E-state index in [2.05, 4.69) is 23.1 Å². The number of nitrogens with one attached hydrogen (secondary N) is 3. The Balaban J connectivity index is 1.83. The molecule has 2 amide bonds. The van der Waals surface area contributed by atoms with E-state index < -0.39 is 0 Å². The maximum Gasteiger partial charge on any atom is 0.250 e. The monoisotopic (exact) mass is 369 g/mol. The Bertz CT molecular complexity index is 812. The van der Waals surface area contributed by atoms with Gasteiger partial charge in [-0.25, -0.2) is 0 Å². The van der Waals surface area contributed by atoms with Crippen molar-refractivity contribution >= 4 is 46.0 Å². The van der Waals surface area contributed by atoms with Gasteiger partial charge in [-0.3, -0.25) is 25.8 Å². The Labute approximate surface area is 158 Å². The topological polar surface area (TPSA) is 70.2 Å². The Morgan fingerprint density at radius 1 is 1.04 bits per heavy atom. The van der Waals surface area contributed by atoms with Crippen LogP contribution in [-0.4, -0.2) is 16.9 Å². The highest BCUT2D eigenvalue weighted by Crippen LogP contribution is 2.19. The molecule has 2 aromatic carbocycles. The van der Waals surface area contributed by atoms with Gasteiger partial charge in [0.25, 0.3) is 0 Å². The van der Waals surface area contributed by atoms with E-state index in [1.807, 2.05) is 42.5 Å². The van der Waals surface area contributed by atoms with Crippen molar-refractivity contribution < 1.29 is 9.59 Å². The number of carbonyl (C=O) groups excluding carboxylic acids is 2. The zero-order valence-electron chi connectivity index (χ0n) is 14.7. The molecule has 26 heavy (non-hydrogen) atoms. The average molecular weight is 369 g/mol. The fourth-order valence-corrected chi connectivity index (χ4v) is 2.62. The summed E-state index contributed by atoms with van der Waals surface area (Å²) < 4.78 is 0. The molecule has 2 aromatic rings. The van der Waals surface area contributed by atoms with Gasteiger partial charge in [-0.05, 0) is 41.1 Å². The molecule has 0 aliphatic carbocycles. The lowest BCUT2D eigenvalue weighted by Crippen LogP contribution is -2.48. The van der Waals surface area contributed by atoms with Gasteiger partial charge in [0, 0.05) is 12.5 Å². The molecule has 0 aliphatic rings. The molecule has 0 spiro atoms. The maximum absolute atomic E-state index is 12.0. The van der Waals surface area contributed by atoms with Crippen LogP contribution in [-0.2, 0) is 9.59 Å². The van der Waals surface area contributed by atoms with Crippen LogP contribution >= 0.6 is 12.2 Å². The van der Waals surface area contributed by atoms with Crippen LogP contribution in [0.2, 0.25) is 0 Å². The van der Waals surface area contributed by atoms with Gasteiger partial charge in [-0.2, -0.15) is 0 Å². The summed E-state index contributed by atoms with van der Waals surface area (Å²) in [5.41, 5.74) is 5.96. The number of benzene rings is 2. The van der Waals surface area contributed by atoms with Crippen LogP contribution in [0.15, 0.2) is 48.5 Å². The highest BCUT2D eigenvalue weighted by Gasteiger charge is 2.04. The molecule has 2 rings (SSSR count). The molecule has 136 valence electrons. The highest BCUT2D eigenvalue weighted by atomic mass is 32.1. The molecule has 0 aliphatic heterocycles. The number of thiocarbonyl (C=S) groups is 1. The molecule has 0 bridgehead atoms. The van der Waals surface area contributed by atoms with Crippen molar-refractivity contribution in [3.8, 4) is 0 Å². The van der Waals surface area contributed by atoms with E-state index in [1.165, 1.54) is 6.08 Å². The van der Waals surface area contributed by atoms with Crippen molar-refractivity contribution in [2.75, 3.05) is 0 Å². The van der Waals surface area contributed by atoms with E-state index in [0.29, 0.717) is 6.42 Å². The normalized spacial score (nSPS) is 10.7. The summed E-state index contributed by atoms with van der Waals surface area (Å²) in [4.78, 5) is 23.6. The van der Waals surface area contributed by atoms with E-state index >= 15 is 0 Å². The molecule has 0 radical (unpaired) electrons. The zero-order chi connectivity index (χ0) is 18.8. The molecule has 3 N–H and O–H groups in total. The maximum atomic E-state index is 12.0. The summed E-state index contributed by atoms with van der Waals surface area (Å²) in [6.07, 6.45) is 6.48. The summed E-state index contributed by atoms with van der Waals surface area (Å²) in [5.74, 6) is -0.517. The van der Waals surface area contributed by atoms with Crippen LogP contribution in [0, 0.1) is 0 Å². The van der Waals surface area contributed by atoms with Crippen molar-refractivity contribution in [2.45, 2.75) is 32.6 Å². The molecule has 0 saturated heterocycles. The molecule has 0 heterocycles. The fourth-order valence-electron chi connectivity index (χ4n) is 2.47. The predicted molar refractivity (Wildman–Crippen MR) is 109 cm³/mol. The molecule has 0 saturated carbocycles. The van der Waals surface area contributed by atoms with Crippen LogP contribution in [0.1, 0.15) is 38.2 Å². The van der Waals surface area contributed by atoms with Crippen molar-refractivity contribution in [1.82, 2.24) is 16.2 Å². The predicted octanol–water partition coefficient (Wildman–Crippen LogP) is 3.46. The number of fused-ring (bicyclic) bond motifs is 1. The van der Waals surface area contributed by atoms with Gasteiger partial charge >= 0.3 is 0 Å². The Morgan fingerprint density at radius 2 is 1.81 bits per heavy atom. The average Bonchev–Trinajstić information content (AvgIpc) is 2.65. The summed E-state index contributed by atoms with van der Waals surface area (Å²) in [6, 6.07) is 13.9. The largest absolute Gasteiger partial charge is 0.298 e. The SMILES string of the molecule is CCCCCC(=O)NNC(=S)NC(=O)C=Cc1cccc2ccccc12. The van der Waals surface area contributed by atoms with Gasteiger partial charge in [0.05, 0.1) is 0 Å². The van der Waals surface area contributed by atoms with Crippen molar-refractivity contribution in [3.05, 3.63) is 54.1 Å². The second-order valence-corrected chi connectivity index (χ2v) is 6.26. The van der Waals surface area contributed by atoms with Gasteiger partial charge in [0.15, 0.2) is 5.11 Å². The van der Waals surface area contributed by atoms with Crippen LogP contribution in [0.5, 0.6) is 0 Å². The minimum absolute atomic E-state index is 0.0569. The minimum Gasteiger partial charge on any atom is -0.298 e. The molecule has 0 fully saturated rings. The zero-order valence-corrected chi connectivity index (χ0v) is 15.6. The van der Waals surface area contributed by atoms with Gasteiger partial charge in [-0.15, -0.1) is 0 Å². The van der Waals surface area contributed by atoms with Gasteiger partial charge in [0.2, 0.25) is 11.8 Å². The fraction of sp³-hybridized carbons (Fsp3) is 0.250. The Kier molecular flexibility index (Phi) is 7.76. The van der Waals surface area contributed by atoms with Crippen molar-refractivity contribution in [1.29, 1.82) is 0 Å². The molecule has 5 nitrogen and oxygen atoms in total. The summed E-state index contributed by atoms with van der Waals surface area (Å²) in [5, 5.41) is 4.74. The van der Waals surface area contributed by atoms with Gasteiger partial charge in [-0.1, -0.05) is 62.2 Å². The second-order valence-electron chi connectivity index (χ2n) is 5.85. The van der Waals surface area contributed by atoms with Crippen molar-refractivity contribution in [2.24, 2.45) is 0 Å². The molecule has 0 atom stereocenters. The van der Waals surface area contributed by atoms with Crippen LogP contribution in [0.3, 0.4) is 0 Å². The molecule has 6 heteroatoms. The van der Waals surface area contributed by atoms with Crippen molar-refractivity contribution in [3.63, 3.8) is 0 Å². The van der Waals surface area contributed by atoms with E-state index in [0.717, 1.165) is 35.6 Å². The van der Waals surface area contributed by atoms with E-state index in [9.17, 15) is 9.59 Å². The molecule has 0 unspecified atom stereocenters. The number of carbonyl (C=O) groups is 2. The van der Waals surface area contributed by atoms with Crippen LogP contribution < -0.4 is 16.2 Å². The first kappa shape index (κ1) is 19.6. The van der Waals surface area contributed by atoms with Crippen LogP contribution in [0.4, 0.5) is 0 Å². The summed E-state index contributed by atoms with van der Waals surface area (Å²) in [6.45, 7) is 2.08. The Hall–Kier alpha value is -2.73. The highest BCUT2D eigenvalue weighted by molar-refractivity contribution is 7.80. The standard InChI is InChI=1S/C20H23N3O2S/c1-2-3-4-12-19(25)22-23-20(26)21-18(24)14-13-16-10-7-9-15-8-5-6-11-17(15)16/h5-11,13-14H,2-4,12H2,1H3,(H,22,25)(H2,21,23,24,26). The molecule has 0 aromatic heterocycles. The number of rotatable bonds is 6. The molecular weight excluding hydrogens is 346 g/mol. The second kappa shape index (κ2) is 10.3. The first-order valence-electron chi connectivity index (χ1n) is 8.66. The molecular formula is C20H23N3O2S. The first-order valence-corrected chi connectivity index (χ1v) is 9.06. The smallest absolute Gasteiger partial charge is 0.250 e. The summed E-state index contributed by atoms with van der Waals surface area (Å²) >= 11 is 5.00. The van der Waals surface area contributed by atoms with Gasteiger partial charge < -0.3 is 0 Å². The quantitative estimate of drug-likeness (QED) is 0.316. The lowest BCUT2D eigenvalue weighted by Gasteiger charge is -2.09. The minimum atomic E-state index is -0.365. The lowest BCUT2D eigenvalue weighted by atomic mass is 10.0. The van der Waals surface area contributed by atoms with Gasteiger partial charge in [0.1, 0.15) is 0 Å². The van der Waals surface area contributed by atoms with E-state index in [-0.39, 0.29) is 16.9 Å². The summed E-state index contributed by atoms with van der Waals surface area (Å²) in [7, 11) is 0. The number of amides is 2. The third-order valence-corrected chi connectivity index (χ3v) is 4.00.